The van der Waals surface area contributed by atoms with E-state index in [0.717, 1.165) is 89.0 Å². The predicted octanol–water partition coefficient (Wildman–Crippen LogP) is 1.22. The zero-order valence-corrected chi connectivity index (χ0v) is 21.3. The number of nitrogens with one attached hydrogen (secondary N) is 1. The van der Waals surface area contributed by atoms with Crippen LogP contribution >= 0.6 is 24.0 Å². The number of carbonyl (C=O) groups excluding carboxylic acids is 1. The van der Waals surface area contributed by atoms with Crippen LogP contribution in [0, 0.1) is 0 Å². The molecule has 2 saturated heterocycles. The number of piperazine rings is 1. The summed E-state index contributed by atoms with van der Waals surface area (Å²) in [5, 5.41) is 11.6. The molecule has 3 heterocycles. The van der Waals surface area contributed by atoms with Crippen molar-refractivity contribution in [2.24, 2.45) is 4.99 Å². The lowest BCUT2D eigenvalue weighted by molar-refractivity contribution is -0.131. The molecule has 0 saturated carbocycles. The number of aliphatic imine (C=N–C) groups is 1. The van der Waals surface area contributed by atoms with Crippen LogP contribution in [0.4, 0.5) is 0 Å². The lowest BCUT2D eigenvalue weighted by atomic mass is 10.3. The second-order valence-electron chi connectivity index (χ2n) is 8.17. The van der Waals surface area contributed by atoms with Crippen molar-refractivity contribution in [3.8, 4) is 0 Å². The van der Waals surface area contributed by atoms with Crippen molar-refractivity contribution in [1.82, 2.24) is 34.8 Å². The Morgan fingerprint density at radius 2 is 1.87 bits per heavy atom. The van der Waals surface area contributed by atoms with Crippen molar-refractivity contribution in [2.75, 3.05) is 58.9 Å². The fourth-order valence-electron chi connectivity index (χ4n) is 3.88. The van der Waals surface area contributed by atoms with Gasteiger partial charge in [0.05, 0.1) is 13.1 Å². The SMILES string of the molecule is C=C(C)CN=C(NCCn1cnnc1CC)N1CCN(CC(=O)N2CCCC2)CC1.I. The minimum Gasteiger partial charge on any atom is -0.354 e. The van der Waals surface area contributed by atoms with Gasteiger partial charge in [0.2, 0.25) is 5.91 Å². The van der Waals surface area contributed by atoms with Gasteiger partial charge in [0.1, 0.15) is 12.2 Å². The molecule has 3 rings (SSSR count). The van der Waals surface area contributed by atoms with E-state index >= 15 is 0 Å². The Hall–Kier alpha value is -1.69. The Morgan fingerprint density at radius 1 is 1.16 bits per heavy atom. The number of hydrogen-bond donors (Lipinski definition) is 1. The third-order valence-electron chi connectivity index (χ3n) is 5.64. The standard InChI is InChI=1S/C21H36N8O.HI/c1-4-19-25-24-17-29(19)10-7-22-21(23-15-18(2)3)28-13-11-26(12-14-28)16-20(30)27-8-5-6-9-27;/h17H,2,4-16H2,1,3H3,(H,22,23);1H. The van der Waals surface area contributed by atoms with Crippen molar-refractivity contribution in [1.29, 1.82) is 0 Å². The number of carbonyl (C=O) groups is 1. The van der Waals surface area contributed by atoms with E-state index in [1.54, 1.807) is 6.33 Å². The molecule has 0 aliphatic carbocycles. The minimum absolute atomic E-state index is 0. The second-order valence-corrected chi connectivity index (χ2v) is 8.17. The Bertz CT molecular complexity index is 735. The molecule has 174 valence electrons. The van der Waals surface area contributed by atoms with E-state index in [9.17, 15) is 4.79 Å². The first-order valence-corrected chi connectivity index (χ1v) is 11.1. The van der Waals surface area contributed by atoms with Crippen molar-refractivity contribution < 1.29 is 4.79 Å². The van der Waals surface area contributed by atoms with Gasteiger partial charge in [-0.3, -0.25) is 9.69 Å². The van der Waals surface area contributed by atoms with E-state index in [1.807, 2.05) is 11.8 Å². The topological polar surface area (TPSA) is 81.9 Å². The summed E-state index contributed by atoms with van der Waals surface area (Å²) >= 11 is 0. The van der Waals surface area contributed by atoms with E-state index in [-0.39, 0.29) is 29.9 Å². The van der Waals surface area contributed by atoms with Crippen LogP contribution in [0.15, 0.2) is 23.5 Å². The molecule has 0 unspecified atom stereocenters. The molecule has 1 N–H and O–H groups in total. The van der Waals surface area contributed by atoms with Gasteiger partial charge in [-0.1, -0.05) is 19.1 Å². The van der Waals surface area contributed by atoms with Gasteiger partial charge < -0.3 is 19.7 Å². The van der Waals surface area contributed by atoms with E-state index in [2.05, 4.69) is 43.4 Å². The van der Waals surface area contributed by atoms with Crippen LogP contribution in [-0.2, 0) is 17.8 Å². The molecule has 1 aromatic heterocycles. The molecule has 0 radical (unpaired) electrons. The quantitative estimate of drug-likeness (QED) is 0.230. The number of guanidine groups is 1. The van der Waals surface area contributed by atoms with Gasteiger partial charge in [0.25, 0.3) is 0 Å². The maximum Gasteiger partial charge on any atom is 0.236 e. The zero-order chi connectivity index (χ0) is 21.3. The molecule has 0 aromatic carbocycles. The molecule has 1 aromatic rings. The molecule has 1 amide bonds. The molecule has 0 spiro atoms. The summed E-state index contributed by atoms with van der Waals surface area (Å²) in [6.45, 7) is 16.1. The fraction of sp³-hybridized carbons (Fsp3) is 0.714. The van der Waals surface area contributed by atoms with Gasteiger partial charge in [-0.15, -0.1) is 34.2 Å². The van der Waals surface area contributed by atoms with Gasteiger partial charge in [0, 0.05) is 58.8 Å². The Labute approximate surface area is 203 Å². The van der Waals surface area contributed by atoms with E-state index in [4.69, 9.17) is 4.99 Å². The van der Waals surface area contributed by atoms with Gasteiger partial charge in [-0.05, 0) is 19.8 Å². The normalized spacial score (nSPS) is 17.5. The maximum absolute atomic E-state index is 12.4. The van der Waals surface area contributed by atoms with Gasteiger partial charge in [0.15, 0.2) is 5.96 Å². The zero-order valence-electron chi connectivity index (χ0n) is 18.9. The highest BCUT2D eigenvalue weighted by atomic mass is 127. The van der Waals surface area contributed by atoms with Crippen LogP contribution in [0.3, 0.4) is 0 Å². The summed E-state index contributed by atoms with van der Waals surface area (Å²) in [5.41, 5.74) is 1.04. The average Bonchev–Trinajstić information content (AvgIpc) is 3.43. The van der Waals surface area contributed by atoms with Crippen LogP contribution in [0.25, 0.3) is 0 Å². The lowest BCUT2D eigenvalue weighted by Gasteiger charge is -2.36. The first-order chi connectivity index (χ1) is 14.6. The first-order valence-electron chi connectivity index (χ1n) is 11.1. The maximum atomic E-state index is 12.4. The van der Waals surface area contributed by atoms with E-state index in [1.165, 1.54) is 0 Å². The number of hydrogen-bond acceptors (Lipinski definition) is 5. The van der Waals surface area contributed by atoms with Crippen molar-refractivity contribution in [2.45, 2.75) is 39.7 Å². The molecule has 2 aliphatic rings. The molecular formula is C21H37IN8O. The van der Waals surface area contributed by atoms with E-state index < -0.39 is 0 Å². The van der Waals surface area contributed by atoms with Gasteiger partial charge in [-0.2, -0.15) is 0 Å². The third-order valence-corrected chi connectivity index (χ3v) is 5.64. The molecule has 2 fully saturated rings. The number of amides is 1. The summed E-state index contributed by atoms with van der Waals surface area (Å²) in [6.07, 6.45) is 4.93. The van der Waals surface area contributed by atoms with E-state index in [0.29, 0.717) is 13.1 Å². The summed E-state index contributed by atoms with van der Waals surface area (Å²) in [5.74, 6) is 2.18. The highest BCUT2D eigenvalue weighted by molar-refractivity contribution is 14.0. The van der Waals surface area contributed by atoms with Gasteiger partial charge >= 0.3 is 0 Å². The van der Waals surface area contributed by atoms with Crippen LogP contribution < -0.4 is 5.32 Å². The Morgan fingerprint density at radius 3 is 2.52 bits per heavy atom. The Balaban J connectivity index is 0.00000341. The highest BCUT2D eigenvalue weighted by Gasteiger charge is 2.24. The number of rotatable bonds is 8. The predicted molar refractivity (Wildman–Crippen MR) is 134 cm³/mol. The largest absolute Gasteiger partial charge is 0.354 e. The van der Waals surface area contributed by atoms with Crippen molar-refractivity contribution in [3.05, 3.63) is 24.3 Å². The molecular weight excluding hydrogens is 507 g/mol. The van der Waals surface area contributed by atoms with Gasteiger partial charge in [-0.25, -0.2) is 4.99 Å². The van der Waals surface area contributed by atoms with Crippen molar-refractivity contribution >= 4 is 35.8 Å². The molecule has 9 nitrogen and oxygen atoms in total. The molecule has 2 aliphatic heterocycles. The third kappa shape index (κ3) is 7.74. The number of likely N-dealkylation sites (tertiary alicyclic amines) is 1. The molecule has 0 bridgehead atoms. The summed E-state index contributed by atoms with van der Waals surface area (Å²) < 4.78 is 2.07. The highest BCUT2D eigenvalue weighted by Crippen LogP contribution is 2.09. The van der Waals surface area contributed by atoms with Crippen LogP contribution in [0.2, 0.25) is 0 Å². The van der Waals surface area contributed by atoms with Crippen LogP contribution in [0.1, 0.15) is 32.5 Å². The monoisotopic (exact) mass is 544 g/mol. The minimum atomic E-state index is 0. The average molecular weight is 544 g/mol. The molecule has 10 heteroatoms. The summed E-state index contributed by atoms with van der Waals surface area (Å²) in [6, 6.07) is 0. The number of aryl methyl sites for hydroxylation is 1. The number of nitrogens with zero attached hydrogens (tertiary/aromatic N) is 7. The Kier molecular flexibility index (Phi) is 10.7. The smallest absolute Gasteiger partial charge is 0.236 e. The van der Waals surface area contributed by atoms with Crippen LogP contribution in [0.5, 0.6) is 0 Å². The fourth-order valence-corrected chi connectivity index (χ4v) is 3.88. The second kappa shape index (κ2) is 13.0. The van der Waals surface area contributed by atoms with Crippen LogP contribution in [-0.4, -0.2) is 100 Å². The summed E-state index contributed by atoms with van der Waals surface area (Å²) in [7, 11) is 0. The lowest BCUT2D eigenvalue weighted by Crippen LogP contribution is -2.54. The summed E-state index contributed by atoms with van der Waals surface area (Å²) in [4.78, 5) is 23.7. The van der Waals surface area contributed by atoms with Crippen molar-refractivity contribution in [3.63, 3.8) is 0 Å². The molecule has 31 heavy (non-hydrogen) atoms. The molecule has 0 atom stereocenters. The first kappa shape index (κ1) is 25.6. The number of halogens is 1. The number of aromatic nitrogens is 3.